The van der Waals surface area contributed by atoms with Crippen LogP contribution in [0.5, 0.6) is 0 Å². The van der Waals surface area contributed by atoms with Crippen molar-refractivity contribution in [3.05, 3.63) is 88.4 Å². The molecule has 1 unspecified atom stereocenters. The van der Waals surface area contributed by atoms with Crippen LogP contribution in [0.3, 0.4) is 0 Å². The summed E-state index contributed by atoms with van der Waals surface area (Å²) in [5.74, 6) is -0.763. The molecule has 0 saturated carbocycles. The van der Waals surface area contributed by atoms with E-state index < -0.39 is 22.9 Å². The lowest BCUT2D eigenvalue weighted by Gasteiger charge is -2.15. The molecule has 4 nitrogen and oxygen atoms in total. The number of alkyl halides is 3. The Balaban J connectivity index is 1.66. The number of anilines is 2. The van der Waals surface area contributed by atoms with Gasteiger partial charge in [0.05, 0.1) is 21.5 Å². The number of benzene rings is 3. The Morgan fingerprint density at radius 3 is 2.39 bits per heavy atom. The maximum absolute atomic E-state index is 12.9. The standard InChI is InChI=1S/C24H20ClF3N2O2S/c1-14-5-3-6-16(11-14)23(32)29-18-7-4-8-19(13-18)33-15(2)22(31)30-21-12-17(24(26,27)28)9-10-20(21)25/h3-13,15H,1-2H3,(H,29,32)(H,30,31). The maximum atomic E-state index is 12.9. The average molecular weight is 493 g/mol. The molecule has 0 aliphatic rings. The van der Waals surface area contributed by atoms with Crippen molar-refractivity contribution in [2.75, 3.05) is 10.6 Å². The molecule has 0 heterocycles. The van der Waals surface area contributed by atoms with Crippen molar-refractivity contribution in [3.63, 3.8) is 0 Å². The van der Waals surface area contributed by atoms with Crippen molar-refractivity contribution in [2.45, 2.75) is 30.2 Å². The Hall–Kier alpha value is -2.97. The van der Waals surface area contributed by atoms with Gasteiger partial charge < -0.3 is 10.6 Å². The van der Waals surface area contributed by atoms with E-state index in [-0.39, 0.29) is 16.6 Å². The number of halogens is 4. The summed E-state index contributed by atoms with van der Waals surface area (Å²) in [4.78, 5) is 25.7. The van der Waals surface area contributed by atoms with Crippen LogP contribution < -0.4 is 10.6 Å². The van der Waals surface area contributed by atoms with E-state index in [1.807, 2.05) is 13.0 Å². The number of thioether (sulfide) groups is 1. The molecule has 3 rings (SSSR count). The van der Waals surface area contributed by atoms with Gasteiger partial charge in [-0.25, -0.2) is 0 Å². The predicted octanol–water partition coefficient (Wildman–Crippen LogP) is 7.04. The van der Waals surface area contributed by atoms with Gasteiger partial charge in [-0.3, -0.25) is 9.59 Å². The lowest BCUT2D eigenvalue weighted by molar-refractivity contribution is -0.137. The van der Waals surface area contributed by atoms with Gasteiger partial charge in [0.1, 0.15) is 0 Å². The van der Waals surface area contributed by atoms with Crippen LogP contribution >= 0.6 is 23.4 Å². The second-order valence-electron chi connectivity index (χ2n) is 7.29. The zero-order valence-corrected chi connectivity index (χ0v) is 19.2. The van der Waals surface area contributed by atoms with E-state index in [4.69, 9.17) is 11.6 Å². The highest BCUT2D eigenvalue weighted by molar-refractivity contribution is 8.00. The molecule has 0 saturated heterocycles. The number of carbonyl (C=O) groups is 2. The maximum Gasteiger partial charge on any atom is 0.416 e. The molecule has 0 fully saturated rings. The van der Waals surface area contributed by atoms with Crippen molar-refractivity contribution in [1.29, 1.82) is 0 Å². The van der Waals surface area contributed by atoms with Gasteiger partial charge in [0, 0.05) is 16.1 Å². The van der Waals surface area contributed by atoms with Crippen LogP contribution in [0.1, 0.15) is 28.4 Å². The Morgan fingerprint density at radius 1 is 0.970 bits per heavy atom. The fourth-order valence-electron chi connectivity index (χ4n) is 2.93. The Labute approximate surface area is 198 Å². The van der Waals surface area contributed by atoms with Gasteiger partial charge >= 0.3 is 6.18 Å². The largest absolute Gasteiger partial charge is 0.416 e. The van der Waals surface area contributed by atoms with Gasteiger partial charge in [-0.1, -0.05) is 35.4 Å². The van der Waals surface area contributed by atoms with Crippen LogP contribution in [0.25, 0.3) is 0 Å². The molecule has 3 aromatic carbocycles. The van der Waals surface area contributed by atoms with E-state index in [1.54, 1.807) is 49.4 Å². The first-order chi connectivity index (χ1) is 15.5. The van der Waals surface area contributed by atoms with Gasteiger partial charge in [0.15, 0.2) is 0 Å². The molecular weight excluding hydrogens is 473 g/mol. The first-order valence-electron chi connectivity index (χ1n) is 9.85. The van der Waals surface area contributed by atoms with Crippen LogP contribution in [-0.4, -0.2) is 17.1 Å². The molecule has 1 atom stereocenters. The van der Waals surface area contributed by atoms with Gasteiger partial charge in [-0.2, -0.15) is 13.2 Å². The molecule has 0 spiro atoms. The topological polar surface area (TPSA) is 58.2 Å². The second kappa shape index (κ2) is 10.3. The minimum atomic E-state index is -4.55. The lowest BCUT2D eigenvalue weighted by atomic mass is 10.1. The molecule has 3 aromatic rings. The minimum absolute atomic E-state index is 0.00871. The summed E-state index contributed by atoms with van der Waals surface area (Å²) in [7, 11) is 0. The second-order valence-corrected chi connectivity index (χ2v) is 9.11. The Bertz CT molecular complexity index is 1180. The summed E-state index contributed by atoms with van der Waals surface area (Å²) in [6.07, 6.45) is -4.55. The molecule has 0 aromatic heterocycles. The van der Waals surface area contributed by atoms with Crippen LogP contribution in [0.2, 0.25) is 5.02 Å². The van der Waals surface area contributed by atoms with Crippen molar-refractivity contribution in [2.24, 2.45) is 0 Å². The minimum Gasteiger partial charge on any atom is -0.324 e. The molecule has 9 heteroatoms. The van der Waals surface area contributed by atoms with E-state index in [9.17, 15) is 22.8 Å². The van der Waals surface area contributed by atoms with E-state index in [0.29, 0.717) is 16.1 Å². The van der Waals surface area contributed by atoms with E-state index in [2.05, 4.69) is 10.6 Å². The smallest absolute Gasteiger partial charge is 0.324 e. The zero-order chi connectivity index (χ0) is 24.2. The van der Waals surface area contributed by atoms with Crippen molar-refractivity contribution in [3.8, 4) is 0 Å². The number of hydrogen-bond acceptors (Lipinski definition) is 3. The highest BCUT2D eigenvalue weighted by atomic mass is 35.5. The zero-order valence-electron chi connectivity index (χ0n) is 17.7. The van der Waals surface area contributed by atoms with Crippen molar-refractivity contribution >= 4 is 46.6 Å². The van der Waals surface area contributed by atoms with Crippen LogP contribution in [0.4, 0.5) is 24.5 Å². The molecule has 2 N–H and O–H groups in total. The summed E-state index contributed by atoms with van der Waals surface area (Å²) in [6.45, 7) is 3.52. The van der Waals surface area contributed by atoms with Crippen LogP contribution in [0, 0.1) is 6.92 Å². The van der Waals surface area contributed by atoms with Gasteiger partial charge in [0.2, 0.25) is 5.91 Å². The quantitative estimate of drug-likeness (QED) is 0.363. The fraction of sp³-hybridized carbons (Fsp3) is 0.167. The molecule has 0 radical (unpaired) electrons. The van der Waals surface area contributed by atoms with E-state index >= 15 is 0 Å². The molecular formula is C24H20ClF3N2O2S. The fourth-order valence-corrected chi connectivity index (χ4v) is 4.02. The predicted molar refractivity (Wildman–Crippen MR) is 126 cm³/mol. The summed E-state index contributed by atoms with van der Waals surface area (Å²) >= 11 is 7.15. The van der Waals surface area contributed by atoms with Crippen LogP contribution in [-0.2, 0) is 11.0 Å². The molecule has 33 heavy (non-hydrogen) atoms. The summed E-state index contributed by atoms with van der Waals surface area (Å²) < 4.78 is 38.8. The van der Waals surface area contributed by atoms with Crippen LogP contribution in [0.15, 0.2) is 71.6 Å². The van der Waals surface area contributed by atoms with Gasteiger partial charge in [-0.05, 0) is 62.4 Å². The Kier molecular flexibility index (Phi) is 7.71. The molecule has 172 valence electrons. The Morgan fingerprint density at radius 2 is 1.70 bits per heavy atom. The number of amides is 2. The molecule has 0 bridgehead atoms. The van der Waals surface area contributed by atoms with Crippen molar-refractivity contribution < 1.29 is 22.8 Å². The highest BCUT2D eigenvalue weighted by Crippen LogP contribution is 2.34. The normalized spacial score (nSPS) is 12.2. The van der Waals surface area contributed by atoms with Gasteiger partial charge in [-0.15, -0.1) is 11.8 Å². The van der Waals surface area contributed by atoms with Crippen molar-refractivity contribution in [1.82, 2.24) is 0 Å². The summed E-state index contributed by atoms with van der Waals surface area (Å²) in [6, 6.07) is 16.9. The first kappa shape index (κ1) is 24.7. The number of rotatable bonds is 6. The molecule has 2 amide bonds. The number of carbonyl (C=O) groups excluding carboxylic acids is 2. The third-order valence-electron chi connectivity index (χ3n) is 4.61. The third-order valence-corrected chi connectivity index (χ3v) is 6.03. The summed E-state index contributed by atoms with van der Waals surface area (Å²) in [5.41, 5.74) is 1.04. The van der Waals surface area contributed by atoms with Gasteiger partial charge in [0.25, 0.3) is 5.91 Å². The van der Waals surface area contributed by atoms with E-state index in [1.165, 1.54) is 11.8 Å². The number of aryl methyl sites for hydroxylation is 1. The number of nitrogens with one attached hydrogen (secondary N) is 2. The third kappa shape index (κ3) is 6.76. The lowest BCUT2D eigenvalue weighted by Crippen LogP contribution is -2.23. The summed E-state index contributed by atoms with van der Waals surface area (Å²) in [5, 5.41) is 4.64. The number of hydrogen-bond donors (Lipinski definition) is 2. The monoisotopic (exact) mass is 492 g/mol. The average Bonchev–Trinajstić information content (AvgIpc) is 2.74. The van der Waals surface area contributed by atoms with E-state index in [0.717, 1.165) is 23.8 Å². The highest BCUT2D eigenvalue weighted by Gasteiger charge is 2.31. The molecule has 0 aliphatic carbocycles. The SMILES string of the molecule is Cc1cccc(C(=O)Nc2cccc(SC(C)C(=O)Nc3cc(C(F)(F)F)ccc3Cl)c2)c1. The first-order valence-corrected chi connectivity index (χ1v) is 11.1. The molecule has 0 aliphatic heterocycles.